The molecule has 43 heavy (non-hydrogen) atoms. The van der Waals surface area contributed by atoms with Gasteiger partial charge in [-0.05, 0) is 57.5 Å². The molecule has 0 unspecified atom stereocenters. The zero-order chi connectivity index (χ0) is 29.7. The van der Waals surface area contributed by atoms with Crippen molar-refractivity contribution in [1.29, 1.82) is 0 Å². The lowest BCUT2D eigenvalue weighted by molar-refractivity contribution is 0.00974. The Morgan fingerprint density at radius 2 is 1.95 bits per heavy atom. The predicted molar refractivity (Wildman–Crippen MR) is 161 cm³/mol. The number of amides is 1. The fourth-order valence-electron chi connectivity index (χ4n) is 5.38. The van der Waals surface area contributed by atoms with Gasteiger partial charge in [0.25, 0.3) is 0 Å². The average molecular weight is 581 g/mol. The van der Waals surface area contributed by atoms with Crippen LogP contribution >= 0.6 is 0 Å². The number of imidazole rings is 1. The van der Waals surface area contributed by atoms with Crippen molar-refractivity contribution in [2.24, 2.45) is 0 Å². The fraction of sp³-hybridized carbons (Fsp3) is 0.323. The first-order chi connectivity index (χ1) is 20.7. The Hall–Kier alpha value is -5.13. The van der Waals surface area contributed by atoms with Gasteiger partial charge in [-0.25, -0.2) is 24.7 Å². The number of carbonyl (C=O) groups excluding carboxylic acids is 1. The van der Waals surface area contributed by atoms with Crippen molar-refractivity contribution in [1.82, 2.24) is 29.2 Å². The Bertz CT molecular complexity index is 1850. The third kappa shape index (κ3) is 5.31. The predicted octanol–water partition coefficient (Wildman–Crippen LogP) is 5.33. The Kier molecular flexibility index (Phi) is 6.41. The maximum Gasteiger partial charge on any atom is 0.410 e. The lowest BCUT2D eigenvalue weighted by Gasteiger charge is -2.39. The number of fused-ring (bicyclic) bond motifs is 6. The average Bonchev–Trinajstić information content (AvgIpc) is 3.39. The molecule has 12 heteroatoms. The molecule has 0 aliphatic carbocycles. The zero-order valence-corrected chi connectivity index (χ0v) is 24.4. The van der Waals surface area contributed by atoms with Crippen molar-refractivity contribution in [3.05, 3.63) is 66.9 Å². The van der Waals surface area contributed by atoms with Crippen molar-refractivity contribution in [2.45, 2.75) is 39.3 Å². The normalized spacial score (nSPS) is 16.4. The fourth-order valence-corrected chi connectivity index (χ4v) is 5.38. The number of nitrogens with zero attached hydrogens (tertiary/aromatic N) is 7. The van der Waals surface area contributed by atoms with Crippen LogP contribution in [0, 0.1) is 6.92 Å². The molecule has 1 saturated heterocycles. The van der Waals surface area contributed by atoms with Crippen LogP contribution in [0.15, 0.2) is 61.3 Å². The van der Waals surface area contributed by atoms with Crippen LogP contribution in [0.4, 0.5) is 22.1 Å². The summed E-state index contributed by atoms with van der Waals surface area (Å²) in [7, 11) is 0. The maximum atomic E-state index is 12.9. The van der Waals surface area contributed by atoms with E-state index >= 15 is 0 Å². The summed E-state index contributed by atoms with van der Waals surface area (Å²) in [4.78, 5) is 35.1. The van der Waals surface area contributed by atoms with E-state index in [2.05, 4.69) is 25.2 Å². The number of piperazine rings is 1. The van der Waals surface area contributed by atoms with Gasteiger partial charge in [-0.3, -0.25) is 4.90 Å². The van der Waals surface area contributed by atoms with Crippen molar-refractivity contribution in [2.75, 3.05) is 36.5 Å². The highest BCUT2D eigenvalue weighted by Gasteiger charge is 2.37. The number of hydrogen-bond donors (Lipinski definition) is 1. The Labute approximate surface area is 248 Å². The van der Waals surface area contributed by atoms with E-state index in [0.29, 0.717) is 60.4 Å². The molecule has 4 aromatic heterocycles. The lowest BCUT2D eigenvalue weighted by Crippen LogP contribution is -2.57. The molecule has 1 amide bonds. The van der Waals surface area contributed by atoms with Gasteiger partial charge in [0.15, 0.2) is 17.4 Å². The molecule has 1 atom stereocenters. The Morgan fingerprint density at radius 1 is 1.07 bits per heavy atom. The van der Waals surface area contributed by atoms with Gasteiger partial charge < -0.3 is 28.8 Å². The van der Waals surface area contributed by atoms with Crippen molar-refractivity contribution < 1.29 is 19.0 Å². The van der Waals surface area contributed by atoms with Crippen LogP contribution in [0.3, 0.4) is 0 Å². The first kappa shape index (κ1) is 26.7. The largest absolute Gasteiger partial charge is 0.487 e. The van der Waals surface area contributed by atoms with Gasteiger partial charge in [-0.15, -0.1) is 0 Å². The minimum atomic E-state index is -0.564. The smallest absolute Gasteiger partial charge is 0.410 e. The Balaban J connectivity index is 1.12. The SMILES string of the molecule is Cc1cc(Nc2ncnc3cc4c(nc23)N2CCN(C(=O)OC(C)(C)C)[C@H](CO4)C2)ccc1Oc1ccn2ccnc2c1. The third-order valence-corrected chi connectivity index (χ3v) is 7.43. The number of ether oxygens (including phenoxy) is 3. The standard InChI is InChI=1S/C31H32N8O4/c1-19-13-20(5-6-24(19)42-22-7-9-37-10-8-32-26(37)14-22)35-28-27-23(33-18-34-28)15-25-29(36-27)38-11-12-39(21(16-38)17-41-25)30(40)43-31(2,3)4/h5-10,13-15,18,21H,11-12,16-17H2,1-4H3,(H,33,34,35)/t21-/m0/s1. The molecule has 1 fully saturated rings. The van der Waals surface area contributed by atoms with E-state index < -0.39 is 5.60 Å². The molecule has 0 radical (unpaired) electrons. The van der Waals surface area contributed by atoms with E-state index in [9.17, 15) is 4.79 Å². The summed E-state index contributed by atoms with van der Waals surface area (Å²) in [6, 6.07) is 11.4. The number of nitrogens with one attached hydrogen (secondary N) is 1. The van der Waals surface area contributed by atoms with Gasteiger partial charge in [0.2, 0.25) is 0 Å². The monoisotopic (exact) mass is 580 g/mol. The molecular weight excluding hydrogens is 548 g/mol. The summed E-state index contributed by atoms with van der Waals surface area (Å²) in [5, 5.41) is 3.41. The van der Waals surface area contributed by atoms with Crippen LogP contribution in [0.25, 0.3) is 16.7 Å². The number of rotatable bonds is 4. The van der Waals surface area contributed by atoms with Gasteiger partial charge in [0.05, 0.1) is 11.6 Å². The second kappa shape index (κ2) is 10.3. The van der Waals surface area contributed by atoms with Crippen molar-refractivity contribution >= 4 is 40.1 Å². The van der Waals surface area contributed by atoms with E-state index in [1.54, 1.807) is 11.1 Å². The van der Waals surface area contributed by atoms with Crippen LogP contribution in [0.5, 0.6) is 17.2 Å². The number of hydrogen-bond acceptors (Lipinski definition) is 10. The van der Waals surface area contributed by atoms with Crippen LogP contribution in [-0.4, -0.2) is 73.2 Å². The zero-order valence-electron chi connectivity index (χ0n) is 24.4. The Morgan fingerprint density at radius 3 is 2.79 bits per heavy atom. The highest BCUT2D eigenvalue weighted by atomic mass is 16.6. The van der Waals surface area contributed by atoms with Crippen LogP contribution < -0.4 is 19.7 Å². The molecule has 0 saturated carbocycles. The number of carbonyl (C=O) groups is 1. The van der Waals surface area contributed by atoms with E-state index in [4.69, 9.17) is 19.2 Å². The molecule has 7 rings (SSSR count). The molecule has 0 spiro atoms. The van der Waals surface area contributed by atoms with Crippen LogP contribution in [0.2, 0.25) is 0 Å². The van der Waals surface area contributed by atoms with Gasteiger partial charge in [0, 0.05) is 56.0 Å². The van der Waals surface area contributed by atoms with Gasteiger partial charge in [0.1, 0.15) is 41.2 Å². The van der Waals surface area contributed by atoms with E-state index in [1.807, 2.05) is 80.9 Å². The number of benzene rings is 1. The van der Waals surface area contributed by atoms with Crippen LogP contribution in [-0.2, 0) is 4.74 Å². The first-order valence-corrected chi connectivity index (χ1v) is 14.2. The first-order valence-electron chi connectivity index (χ1n) is 14.2. The molecule has 2 aliphatic rings. The van der Waals surface area contributed by atoms with E-state index in [-0.39, 0.29) is 12.1 Å². The summed E-state index contributed by atoms with van der Waals surface area (Å²) >= 11 is 0. The van der Waals surface area contributed by atoms with Gasteiger partial charge >= 0.3 is 6.09 Å². The lowest BCUT2D eigenvalue weighted by atomic mass is 10.2. The number of anilines is 3. The number of aryl methyl sites for hydroxylation is 1. The highest BCUT2D eigenvalue weighted by molar-refractivity contribution is 5.90. The van der Waals surface area contributed by atoms with Gasteiger partial charge in [-0.2, -0.15) is 0 Å². The van der Waals surface area contributed by atoms with Gasteiger partial charge in [-0.1, -0.05) is 0 Å². The summed E-state index contributed by atoms with van der Waals surface area (Å²) < 4.78 is 19.9. The second-order valence-corrected chi connectivity index (χ2v) is 11.7. The molecule has 12 nitrogen and oxygen atoms in total. The highest BCUT2D eigenvalue weighted by Crippen LogP contribution is 2.36. The summed E-state index contributed by atoms with van der Waals surface area (Å²) in [5.41, 5.74) is 3.34. The molecule has 220 valence electrons. The van der Waals surface area contributed by atoms with E-state index in [0.717, 1.165) is 22.6 Å². The van der Waals surface area contributed by atoms with Crippen molar-refractivity contribution in [3.8, 4) is 17.2 Å². The second-order valence-electron chi connectivity index (χ2n) is 11.7. The molecule has 2 bridgehead atoms. The molecular formula is C31H32N8O4. The third-order valence-electron chi connectivity index (χ3n) is 7.43. The van der Waals surface area contributed by atoms with Crippen LogP contribution in [0.1, 0.15) is 26.3 Å². The number of aromatic nitrogens is 5. The maximum absolute atomic E-state index is 12.9. The quantitative estimate of drug-likeness (QED) is 0.299. The molecule has 1 N–H and O–H groups in total. The molecule has 6 heterocycles. The minimum Gasteiger partial charge on any atom is -0.487 e. The summed E-state index contributed by atoms with van der Waals surface area (Å²) in [6.45, 7) is 9.67. The molecule has 2 aliphatic heterocycles. The van der Waals surface area contributed by atoms with E-state index in [1.165, 1.54) is 6.33 Å². The summed E-state index contributed by atoms with van der Waals surface area (Å²) in [5.74, 6) is 3.39. The van der Waals surface area contributed by atoms with Crippen molar-refractivity contribution in [3.63, 3.8) is 0 Å². The molecule has 1 aromatic carbocycles. The molecule has 5 aromatic rings. The number of pyridine rings is 2. The topological polar surface area (TPSA) is 119 Å². The summed E-state index contributed by atoms with van der Waals surface area (Å²) in [6.07, 6.45) is 6.75. The minimum absolute atomic E-state index is 0.157.